The van der Waals surface area contributed by atoms with Crippen LogP contribution in [0.1, 0.15) is 10.4 Å². The van der Waals surface area contributed by atoms with Crippen LogP contribution in [-0.4, -0.2) is 27.3 Å². The molecular weight excluding hydrogens is 216 g/mol. The van der Waals surface area contributed by atoms with E-state index in [0.29, 0.717) is 0 Å². The Bertz CT molecular complexity index is 439. The minimum absolute atomic E-state index is 0.275. The minimum Gasteiger partial charge on any atom is -0.504 e. The van der Waals surface area contributed by atoms with E-state index in [1.54, 1.807) is 0 Å². The molecule has 84 valence electrons. The number of phenols is 3. The Labute approximate surface area is 90.0 Å². The second kappa shape index (κ2) is 4.35. The number of carbonyl (C=O) groups is 2. The predicted octanol–water partition coefficient (Wildman–Crippen LogP) is 0.673. The number of aromatic hydroxyl groups is 3. The van der Waals surface area contributed by atoms with Crippen molar-refractivity contribution >= 4 is 11.9 Å². The molecule has 1 aromatic carbocycles. The number of benzene rings is 1. The highest BCUT2D eigenvalue weighted by Gasteiger charge is 2.16. The molecule has 0 atom stereocenters. The Hall–Kier alpha value is -2.50. The van der Waals surface area contributed by atoms with Crippen molar-refractivity contribution in [3.05, 3.63) is 30.4 Å². The van der Waals surface area contributed by atoms with Crippen LogP contribution in [0.4, 0.5) is 0 Å². The van der Waals surface area contributed by atoms with Gasteiger partial charge in [0.15, 0.2) is 17.2 Å². The highest BCUT2D eigenvalue weighted by atomic mass is 16.6. The molecule has 6 heteroatoms. The number of phenolic OH excluding ortho intramolecular Hbond substituents is 3. The van der Waals surface area contributed by atoms with Crippen molar-refractivity contribution in [2.75, 3.05) is 0 Å². The molecule has 0 radical (unpaired) electrons. The van der Waals surface area contributed by atoms with Gasteiger partial charge in [-0.1, -0.05) is 6.58 Å². The summed E-state index contributed by atoms with van der Waals surface area (Å²) in [4.78, 5) is 21.9. The standard InChI is InChI=1S/C10H8O6/c1-2-8(13)16-10(15)5-3-6(11)9(14)7(12)4-5/h2-4,11-12,14H,1H2. The van der Waals surface area contributed by atoms with Crippen molar-refractivity contribution in [1.29, 1.82) is 0 Å². The van der Waals surface area contributed by atoms with E-state index in [4.69, 9.17) is 15.3 Å². The van der Waals surface area contributed by atoms with Crippen molar-refractivity contribution in [1.82, 2.24) is 0 Å². The number of hydrogen-bond donors (Lipinski definition) is 3. The first-order valence-corrected chi connectivity index (χ1v) is 4.09. The lowest BCUT2D eigenvalue weighted by Gasteiger charge is -2.04. The first-order valence-electron chi connectivity index (χ1n) is 4.09. The predicted molar refractivity (Wildman–Crippen MR) is 52.1 cm³/mol. The van der Waals surface area contributed by atoms with Gasteiger partial charge in [0.2, 0.25) is 0 Å². The quantitative estimate of drug-likeness (QED) is 0.295. The Morgan fingerprint density at radius 1 is 1.19 bits per heavy atom. The molecule has 1 aromatic rings. The Morgan fingerprint density at radius 3 is 2.12 bits per heavy atom. The Balaban J connectivity index is 3.01. The molecule has 3 N–H and O–H groups in total. The van der Waals surface area contributed by atoms with Crippen LogP contribution in [-0.2, 0) is 9.53 Å². The van der Waals surface area contributed by atoms with E-state index in [1.165, 1.54) is 0 Å². The molecule has 0 heterocycles. The van der Waals surface area contributed by atoms with E-state index >= 15 is 0 Å². The van der Waals surface area contributed by atoms with Crippen LogP contribution < -0.4 is 0 Å². The molecule has 0 amide bonds. The second-order valence-corrected chi connectivity index (χ2v) is 2.78. The molecule has 0 fully saturated rings. The van der Waals surface area contributed by atoms with Gasteiger partial charge < -0.3 is 20.1 Å². The van der Waals surface area contributed by atoms with Crippen molar-refractivity contribution in [3.8, 4) is 17.2 Å². The van der Waals surface area contributed by atoms with Gasteiger partial charge in [-0.2, -0.15) is 0 Å². The monoisotopic (exact) mass is 224 g/mol. The lowest BCUT2D eigenvalue weighted by atomic mass is 10.2. The summed E-state index contributed by atoms with van der Waals surface area (Å²) in [5.41, 5.74) is -0.275. The Morgan fingerprint density at radius 2 is 1.69 bits per heavy atom. The zero-order chi connectivity index (χ0) is 12.3. The molecular formula is C10H8O6. The summed E-state index contributed by atoms with van der Waals surface area (Å²) < 4.78 is 4.24. The maximum atomic E-state index is 11.2. The molecule has 0 aliphatic rings. The molecule has 0 unspecified atom stereocenters. The molecule has 0 aromatic heterocycles. The lowest BCUT2D eigenvalue weighted by molar-refractivity contribution is -0.132. The highest BCUT2D eigenvalue weighted by Crippen LogP contribution is 2.35. The maximum Gasteiger partial charge on any atom is 0.346 e. The smallest absolute Gasteiger partial charge is 0.346 e. The topological polar surface area (TPSA) is 104 Å². The van der Waals surface area contributed by atoms with Gasteiger partial charge in [-0.15, -0.1) is 0 Å². The van der Waals surface area contributed by atoms with E-state index < -0.39 is 29.2 Å². The van der Waals surface area contributed by atoms with Crippen LogP contribution in [0.2, 0.25) is 0 Å². The molecule has 6 nitrogen and oxygen atoms in total. The fourth-order valence-corrected chi connectivity index (χ4v) is 0.914. The van der Waals surface area contributed by atoms with Gasteiger partial charge in [0, 0.05) is 6.08 Å². The fraction of sp³-hybridized carbons (Fsp3) is 0. The molecule has 0 spiro atoms. The average Bonchev–Trinajstić information content (AvgIpc) is 2.24. The molecule has 0 aliphatic heterocycles. The molecule has 16 heavy (non-hydrogen) atoms. The normalized spacial score (nSPS) is 9.50. The number of ether oxygens (including phenoxy) is 1. The van der Waals surface area contributed by atoms with Crippen LogP contribution in [0.15, 0.2) is 24.8 Å². The van der Waals surface area contributed by atoms with E-state index in [2.05, 4.69) is 11.3 Å². The summed E-state index contributed by atoms with van der Waals surface area (Å²) in [5, 5.41) is 27.2. The summed E-state index contributed by atoms with van der Waals surface area (Å²) in [7, 11) is 0. The zero-order valence-electron chi connectivity index (χ0n) is 8.01. The first kappa shape index (κ1) is 11.6. The first-order chi connectivity index (χ1) is 7.45. The lowest BCUT2D eigenvalue weighted by Crippen LogP contribution is -2.09. The fourth-order valence-electron chi connectivity index (χ4n) is 0.914. The summed E-state index contributed by atoms with van der Waals surface area (Å²) in [6, 6.07) is 1.71. The van der Waals surface area contributed by atoms with Crippen LogP contribution in [0.25, 0.3) is 0 Å². The van der Waals surface area contributed by atoms with Gasteiger partial charge in [-0.05, 0) is 12.1 Å². The molecule has 1 rings (SSSR count). The van der Waals surface area contributed by atoms with Gasteiger partial charge in [0.05, 0.1) is 5.56 Å². The van der Waals surface area contributed by atoms with Crippen molar-refractivity contribution in [2.45, 2.75) is 0 Å². The summed E-state index contributed by atoms with van der Waals surface area (Å²) in [5.74, 6) is -4.19. The van der Waals surface area contributed by atoms with Crippen LogP contribution >= 0.6 is 0 Å². The molecule has 0 saturated carbocycles. The third-order valence-electron chi connectivity index (χ3n) is 1.67. The van der Waals surface area contributed by atoms with E-state index in [9.17, 15) is 9.59 Å². The zero-order valence-corrected chi connectivity index (χ0v) is 8.01. The van der Waals surface area contributed by atoms with Gasteiger partial charge >= 0.3 is 11.9 Å². The van der Waals surface area contributed by atoms with Gasteiger partial charge in [0.1, 0.15) is 0 Å². The van der Waals surface area contributed by atoms with Crippen LogP contribution in [0.5, 0.6) is 17.2 Å². The van der Waals surface area contributed by atoms with Gasteiger partial charge in [-0.25, -0.2) is 9.59 Å². The molecule has 0 aliphatic carbocycles. The van der Waals surface area contributed by atoms with Gasteiger partial charge in [-0.3, -0.25) is 0 Å². The average molecular weight is 224 g/mol. The minimum atomic E-state index is -1.07. The summed E-state index contributed by atoms with van der Waals surface area (Å²) in [6.45, 7) is 3.09. The largest absolute Gasteiger partial charge is 0.504 e. The van der Waals surface area contributed by atoms with Crippen molar-refractivity contribution in [2.24, 2.45) is 0 Å². The van der Waals surface area contributed by atoms with E-state index in [-0.39, 0.29) is 5.56 Å². The van der Waals surface area contributed by atoms with E-state index in [0.717, 1.165) is 18.2 Å². The SMILES string of the molecule is C=CC(=O)OC(=O)c1cc(O)c(O)c(O)c1. The number of hydrogen-bond acceptors (Lipinski definition) is 6. The summed E-state index contributed by atoms with van der Waals surface area (Å²) >= 11 is 0. The highest BCUT2D eigenvalue weighted by molar-refractivity contribution is 6.00. The Kier molecular flexibility index (Phi) is 3.14. The second-order valence-electron chi connectivity index (χ2n) is 2.78. The molecule has 0 bridgehead atoms. The third kappa shape index (κ3) is 2.30. The summed E-state index contributed by atoms with van der Waals surface area (Å²) in [6.07, 6.45) is 0.790. The maximum absolute atomic E-state index is 11.2. The van der Waals surface area contributed by atoms with Crippen LogP contribution in [0.3, 0.4) is 0 Å². The van der Waals surface area contributed by atoms with Gasteiger partial charge in [0.25, 0.3) is 0 Å². The number of carbonyl (C=O) groups excluding carboxylic acids is 2. The van der Waals surface area contributed by atoms with E-state index in [1.807, 2.05) is 0 Å². The number of rotatable bonds is 2. The number of esters is 2. The molecule has 0 saturated heterocycles. The third-order valence-corrected chi connectivity index (χ3v) is 1.67. The van der Waals surface area contributed by atoms with Crippen molar-refractivity contribution < 1.29 is 29.6 Å². The van der Waals surface area contributed by atoms with Crippen molar-refractivity contribution in [3.63, 3.8) is 0 Å². The van der Waals surface area contributed by atoms with Crippen LogP contribution in [0, 0.1) is 0 Å².